The first-order valence-corrected chi connectivity index (χ1v) is 27.0. The number of hydrogen-bond acceptors (Lipinski definition) is 6. The van der Waals surface area contributed by atoms with Crippen LogP contribution in [0.3, 0.4) is 0 Å². The van der Waals surface area contributed by atoms with Gasteiger partial charge >= 0.3 is 17.9 Å². The summed E-state index contributed by atoms with van der Waals surface area (Å²) in [5.74, 6) is -1.03. The van der Waals surface area contributed by atoms with E-state index in [1.54, 1.807) is 0 Å². The van der Waals surface area contributed by atoms with Gasteiger partial charge in [-0.25, -0.2) is 0 Å². The number of esters is 3. The quantitative estimate of drug-likeness (QED) is 0.0262. The van der Waals surface area contributed by atoms with Crippen molar-refractivity contribution in [2.24, 2.45) is 0 Å². The van der Waals surface area contributed by atoms with Crippen LogP contribution in [0, 0.1) is 0 Å². The standard InChI is InChI=1S/C63H96O6/c1-4-7-10-13-16-19-22-25-28-30-31-33-36-39-42-45-48-51-54-57-63(66)69-60(58-67-61(64)55-52-49-46-43-40-37-34-27-24-21-18-15-12-9-6-3)59-68-62(65)56-53-50-47-44-41-38-35-32-29-26-23-20-17-14-11-8-5-2/h7-12,16-21,25-29,31,33-35,38-40,42-43,60H,4-6,13-15,22-24,30,32,36-37,41,44-59H2,1-3H3/b10-7-,11-8-,12-9-,19-16-,20-17-,21-18-,28-25-,29-26-,33-31-,34-27-,38-35-,42-39-,43-40-/t60-/m0/s1. The zero-order valence-electron chi connectivity index (χ0n) is 43.8. The van der Waals surface area contributed by atoms with Gasteiger partial charge in [0.2, 0.25) is 0 Å². The lowest BCUT2D eigenvalue weighted by atomic mass is 10.1. The van der Waals surface area contributed by atoms with Crippen LogP contribution in [0.15, 0.2) is 158 Å². The van der Waals surface area contributed by atoms with Crippen LogP contribution in [0.4, 0.5) is 0 Å². The summed E-state index contributed by atoms with van der Waals surface area (Å²) in [4.78, 5) is 38.1. The molecule has 0 bridgehead atoms. The molecule has 0 unspecified atom stereocenters. The predicted molar refractivity (Wildman–Crippen MR) is 297 cm³/mol. The summed E-state index contributed by atoms with van der Waals surface area (Å²) in [5, 5.41) is 0. The number of carbonyl (C=O) groups excluding carboxylic acids is 3. The summed E-state index contributed by atoms with van der Waals surface area (Å²) in [6.45, 7) is 6.19. The molecule has 0 aromatic heterocycles. The van der Waals surface area contributed by atoms with Gasteiger partial charge < -0.3 is 14.2 Å². The first kappa shape index (κ1) is 64.0. The van der Waals surface area contributed by atoms with E-state index in [0.29, 0.717) is 19.3 Å². The van der Waals surface area contributed by atoms with Gasteiger partial charge in [-0.2, -0.15) is 0 Å². The Morgan fingerprint density at radius 3 is 0.841 bits per heavy atom. The molecule has 0 aliphatic heterocycles. The summed E-state index contributed by atoms with van der Waals surface area (Å²) in [7, 11) is 0. The lowest BCUT2D eigenvalue weighted by molar-refractivity contribution is -0.167. The van der Waals surface area contributed by atoms with Gasteiger partial charge in [-0.1, -0.05) is 198 Å². The monoisotopic (exact) mass is 949 g/mol. The van der Waals surface area contributed by atoms with Crippen LogP contribution in [-0.2, 0) is 28.6 Å². The average molecular weight is 949 g/mol. The lowest BCUT2D eigenvalue weighted by Crippen LogP contribution is -2.30. The molecule has 384 valence electrons. The van der Waals surface area contributed by atoms with Crippen molar-refractivity contribution < 1.29 is 28.6 Å². The Hall–Kier alpha value is -4.97. The van der Waals surface area contributed by atoms with Gasteiger partial charge in [0.1, 0.15) is 13.2 Å². The maximum absolute atomic E-state index is 12.8. The molecule has 0 rings (SSSR count). The number of hydrogen-bond donors (Lipinski definition) is 0. The van der Waals surface area contributed by atoms with Crippen molar-refractivity contribution in [3.8, 4) is 0 Å². The maximum Gasteiger partial charge on any atom is 0.306 e. The molecule has 0 aromatic rings. The largest absolute Gasteiger partial charge is 0.462 e. The third kappa shape index (κ3) is 53.8. The van der Waals surface area contributed by atoms with Crippen molar-refractivity contribution in [3.05, 3.63) is 158 Å². The van der Waals surface area contributed by atoms with Crippen molar-refractivity contribution in [1.82, 2.24) is 0 Å². The van der Waals surface area contributed by atoms with Gasteiger partial charge in [-0.05, 0) is 141 Å². The highest BCUT2D eigenvalue weighted by atomic mass is 16.6. The minimum absolute atomic E-state index is 0.125. The number of allylic oxidation sites excluding steroid dienone is 26. The minimum Gasteiger partial charge on any atom is -0.462 e. The molecule has 6 heteroatoms. The van der Waals surface area contributed by atoms with E-state index >= 15 is 0 Å². The van der Waals surface area contributed by atoms with Crippen molar-refractivity contribution in [2.45, 2.75) is 207 Å². The smallest absolute Gasteiger partial charge is 0.306 e. The highest BCUT2D eigenvalue weighted by Crippen LogP contribution is 2.11. The Bertz CT molecular complexity index is 1610. The van der Waals surface area contributed by atoms with Crippen molar-refractivity contribution in [3.63, 3.8) is 0 Å². The molecule has 1 atom stereocenters. The van der Waals surface area contributed by atoms with Crippen molar-refractivity contribution in [2.75, 3.05) is 13.2 Å². The number of carbonyl (C=O) groups is 3. The fourth-order valence-corrected chi connectivity index (χ4v) is 6.57. The zero-order chi connectivity index (χ0) is 50.0. The molecule has 0 N–H and O–H groups in total. The van der Waals surface area contributed by atoms with Crippen LogP contribution in [0.5, 0.6) is 0 Å². The molecule has 0 amide bonds. The van der Waals surface area contributed by atoms with Gasteiger partial charge in [0.25, 0.3) is 0 Å². The SMILES string of the molecule is CC/C=C\C/C=C\C/C=C\C/C=C\C/C=C\CCCCCC(=O)O[C@@H](COC(=O)CCCC/C=C\C/C=C\C/C=C\C/C=C\CC)COC(=O)CCCCCC/C=C\C/C=C\C/C=C\C/C=C\CC. The van der Waals surface area contributed by atoms with Gasteiger partial charge in [0.15, 0.2) is 6.10 Å². The van der Waals surface area contributed by atoms with Crippen LogP contribution in [0.2, 0.25) is 0 Å². The fourth-order valence-electron chi connectivity index (χ4n) is 6.57. The first-order chi connectivity index (χ1) is 34.0. The maximum atomic E-state index is 12.8. The van der Waals surface area contributed by atoms with Crippen molar-refractivity contribution in [1.29, 1.82) is 0 Å². The summed E-state index contributed by atoms with van der Waals surface area (Å²) >= 11 is 0. The Morgan fingerprint density at radius 1 is 0.290 bits per heavy atom. The highest BCUT2D eigenvalue weighted by molar-refractivity contribution is 5.71. The van der Waals surface area contributed by atoms with Gasteiger partial charge in [0, 0.05) is 19.3 Å². The van der Waals surface area contributed by atoms with E-state index < -0.39 is 6.10 Å². The highest BCUT2D eigenvalue weighted by Gasteiger charge is 2.19. The minimum atomic E-state index is -0.831. The van der Waals surface area contributed by atoms with Crippen LogP contribution >= 0.6 is 0 Å². The van der Waals surface area contributed by atoms with Crippen LogP contribution in [0.25, 0.3) is 0 Å². The normalized spacial score (nSPS) is 13.4. The number of unbranched alkanes of at least 4 members (excludes halogenated alkanes) is 9. The third-order valence-corrected chi connectivity index (χ3v) is 10.5. The van der Waals surface area contributed by atoms with E-state index in [-0.39, 0.29) is 44.0 Å². The second-order valence-corrected chi connectivity index (χ2v) is 17.0. The lowest BCUT2D eigenvalue weighted by Gasteiger charge is -2.18. The van der Waals surface area contributed by atoms with E-state index in [2.05, 4.69) is 179 Å². The topological polar surface area (TPSA) is 78.9 Å². The van der Waals surface area contributed by atoms with E-state index in [1.807, 2.05) is 0 Å². The Kier molecular flexibility index (Phi) is 51.6. The van der Waals surface area contributed by atoms with E-state index in [0.717, 1.165) is 148 Å². The molecule has 6 nitrogen and oxygen atoms in total. The number of ether oxygens (including phenoxy) is 3. The molecule has 0 spiro atoms. The van der Waals surface area contributed by atoms with Crippen LogP contribution < -0.4 is 0 Å². The van der Waals surface area contributed by atoms with Crippen LogP contribution in [0.1, 0.15) is 201 Å². The van der Waals surface area contributed by atoms with E-state index in [1.165, 1.54) is 0 Å². The molecule has 0 aliphatic carbocycles. The second-order valence-electron chi connectivity index (χ2n) is 17.0. The van der Waals surface area contributed by atoms with Crippen molar-refractivity contribution >= 4 is 17.9 Å². The summed E-state index contributed by atoms with van der Waals surface area (Å²) in [6, 6.07) is 0. The molecule has 0 aromatic carbocycles. The summed E-state index contributed by atoms with van der Waals surface area (Å²) in [5.41, 5.74) is 0. The zero-order valence-corrected chi connectivity index (χ0v) is 43.8. The average Bonchev–Trinajstić information content (AvgIpc) is 3.35. The first-order valence-electron chi connectivity index (χ1n) is 27.0. The summed E-state index contributed by atoms with van der Waals surface area (Å²) < 4.78 is 16.7. The molecule has 69 heavy (non-hydrogen) atoms. The molecule has 0 saturated heterocycles. The van der Waals surface area contributed by atoms with Gasteiger partial charge in [-0.3, -0.25) is 14.4 Å². The van der Waals surface area contributed by atoms with E-state index in [9.17, 15) is 14.4 Å². The molecular formula is C63H96O6. The third-order valence-electron chi connectivity index (χ3n) is 10.5. The molecule has 0 aliphatic rings. The Balaban J connectivity index is 4.60. The molecule has 0 heterocycles. The Labute approximate surface area is 422 Å². The van der Waals surface area contributed by atoms with Gasteiger partial charge in [-0.15, -0.1) is 0 Å². The summed E-state index contributed by atoms with van der Waals surface area (Å²) in [6.07, 6.45) is 80.8. The van der Waals surface area contributed by atoms with Gasteiger partial charge in [0.05, 0.1) is 0 Å². The molecule has 0 radical (unpaired) electrons. The molecular weight excluding hydrogens is 853 g/mol. The predicted octanol–water partition coefficient (Wildman–Crippen LogP) is 18.2. The molecule has 0 saturated carbocycles. The van der Waals surface area contributed by atoms with E-state index in [4.69, 9.17) is 14.2 Å². The molecule has 0 fully saturated rings. The van der Waals surface area contributed by atoms with Crippen LogP contribution in [-0.4, -0.2) is 37.2 Å². The Morgan fingerprint density at radius 2 is 0.522 bits per heavy atom. The fraction of sp³-hybridized carbons (Fsp3) is 0.540. The number of rotatable bonds is 46. The second kappa shape index (κ2) is 55.6.